The highest BCUT2D eigenvalue weighted by Gasteiger charge is 2.22. The fourth-order valence-electron chi connectivity index (χ4n) is 2.11. The van der Waals surface area contributed by atoms with Gasteiger partial charge in [-0.25, -0.2) is 4.79 Å². The molecule has 0 bridgehead atoms. The van der Waals surface area contributed by atoms with Crippen LogP contribution < -0.4 is 5.56 Å². The van der Waals surface area contributed by atoms with E-state index in [-0.39, 0.29) is 17.9 Å². The smallest absolute Gasteiger partial charge is 0.347 e. The number of rotatable bonds is 3. The summed E-state index contributed by atoms with van der Waals surface area (Å²) >= 11 is 5.92. The number of carbonyl (C=O) groups excluding carboxylic acids is 1. The third kappa shape index (κ3) is 2.25. The quantitative estimate of drug-likeness (QED) is 0.884. The van der Waals surface area contributed by atoms with Gasteiger partial charge in [-0.2, -0.15) is 0 Å². The lowest BCUT2D eigenvalue weighted by Crippen LogP contribution is -2.27. The molecule has 0 saturated heterocycles. The molecule has 0 saturated carbocycles. The number of hydrogen-bond acceptors (Lipinski definition) is 4. The van der Waals surface area contributed by atoms with Gasteiger partial charge in [0.05, 0.1) is 12.1 Å². The van der Waals surface area contributed by atoms with Crippen molar-refractivity contribution in [2.45, 2.75) is 20.4 Å². The van der Waals surface area contributed by atoms with Gasteiger partial charge in [0, 0.05) is 17.0 Å². The fraction of sp³-hybridized carbons (Fsp3) is 0.286. The average Bonchev–Trinajstić information content (AvgIpc) is 2.39. The maximum absolute atomic E-state index is 12.3. The van der Waals surface area contributed by atoms with Crippen LogP contribution in [-0.2, 0) is 11.3 Å². The van der Waals surface area contributed by atoms with Crippen LogP contribution in [-0.4, -0.2) is 22.2 Å². The topological polar surface area (TPSA) is 68.5 Å². The Kier molecular flexibility index (Phi) is 3.99. The Labute approximate surface area is 120 Å². The zero-order valence-corrected chi connectivity index (χ0v) is 11.9. The van der Waals surface area contributed by atoms with E-state index in [4.69, 9.17) is 16.3 Å². The normalized spacial score (nSPS) is 10.8. The summed E-state index contributed by atoms with van der Waals surface area (Å²) in [5.41, 5.74) is -0.447. The number of aromatic hydroxyl groups is 1. The molecule has 0 aliphatic rings. The summed E-state index contributed by atoms with van der Waals surface area (Å²) in [6.45, 7) is 3.88. The minimum Gasteiger partial charge on any atom is -0.506 e. The van der Waals surface area contributed by atoms with E-state index in [0.717, 1.165) is 0 Å². The van der Waals surface area contributed by atoms with Crippen molar-refractivity contribution in [3.8, 4) is 5.75 Å². The lowest BCUT2D eigenvalue weighted by molar-refractivity contribution is 0.0520. The molecule has 106 valence electrons. The third-order valence-corrected chi connectivity index (χ3v) is 3.23. The minimum atomic E-state index is -0.825. The number of pyridine rings is 1. The van der Waals surface area contributed by atoms with E-state index in [1.54, 1.807) is 32.0 Å². The number of halogens is 1. The maximum atomic E-state index is 12.3. The molecule has 2 aromatic rings. The Hall–Kier alpha value is -2.01. The van der Waals surface area contributed by atoms with Crippen LogP contribution in [0, 0.1) is 0 Å². The van der Waals surface area contributed by atoms with Crippen molar-refractivity contribution in [3.05, 3.63) is 39.1 Å². The Morgan fingerprint density at radius 1 is 1.40 bits per heavy atom. The van der Waals surface area contributed by atoms with Crippen LogP contribution in [0.15, 0.2) is 23.0 Å². The van der Waals surface area contributed by atoms with Gasteiger partial charge in [-0.3, -0.25) is 4.79 Å². The van der Waals surface area contributed by atoms with Gasteiger partial charge in [0.1, 0.15) is 5.75 Å². The molecular weight excluding hydrogens is 282 g/mol. The van der Waals surface area contributed by atoms with E-state index >= 15 is 0 Å². The van der Waals surface area contributed by atoms with Gasteiger partial charge >= 0.3 is 5.97 Å². The zero-order valence-electron chi connectivity index (χ0n) is 11.1. The highest BCUT2D eigenvalue weighted by Crippen LogP contribution is 2.28. The van der Waals surface area contributed by atoms with Gasteiger partial charge in [-0.15, -0.1) is 0 Å². The molecule has 5 nitrogen and oxygen atoms in total. The van der Waals surface area contributed by atoms with Crippen LogP contribution >= 0.6 is 11.6 Å². The van der Waals surface area contributed by atoms with Crippen LogP contribution in [0.5, 0.6) is 5.75 Å². The number of fused-ring (bicyclic) bond motifs is 1. The van der Waals surface area contributed by atoms with Gasteiger partial charge in [0.25, 0.3) is 5.56 Å². The van der Waals surface area contributed by atoms with Crippen LogP contribution in [0.2, 0.25) is 5.02 Å². The molecule has 20 heavy (non-hydrogen) atoms. The standard InChI is InChI=1S/C14H14ClNO4/c1-3-16-10-7-8(15)5-6-9(10)12(17)11(13(16)18)14(19)20-4-2/h5-7,17H,3-4H2,1-2H3. The minimum absolute atomic E-state index is 0.127. The van der Waals surface area contributed by atoms with Gasteiger partial charge in [0.15, 0.2) is 5.56 Å². The highest BCUT2D eigenvalue weighted by atomic mass is 35.5. The first-order valence-corrected chi connectivity index (χ1v) is 6.61. The second-order valence-corrected chi connectivity index (χ2v) is 4.59. The molecule has 0 unspecified atom stereocenters. The van der Waals surface area contributed by atoms with Crippen LogP contribution in [0.1, 0.15) is 24.2 Å². The second-order valence-electron chi connectivity index (χ2n) is 4.15. The first-order valence-electron chi connectivity index (χ1n) is 6.23. The summed E-state index contributed by atoms with van der Waals surface area (Å²) < 4.78 is 6.21. The number of hydrogen-bond donors (Lipinski definition) is 1. The first kappa shape index (κ1) is 14.4. The van der Waals surface area contributed by atoms with E-state index in [2.05, 4.69) is 0 Å². The van der Waals surface area contributed by atoms with Crippen molar-refractivity contribution in [2.75, 3.05) is 6.61 Å². The number of nitrogens with zero attached hydrogens (tertiary/aromatic N) is 1. The van der Waals surface area contributed by atoms with Crippen LogP contribution in [0.3, 0.4) is 0 Å². The largest absolute Gasteiger partial charge is 0.506 e. The molecule has 1 heterocycles. The van der Waals surface area contributed by atoms with Crippen LogP contribution in [0.4, 0.5) is 0 Å². The molecule has 0 spiro atoms. The Morgan fingerprint density at radius 2 is 2.10 bits per heavy atom. The maximum Gasteiger partial charge on any atom is 0.347 e. The van der Waals surface area contributed by atoms with Gasteiger partial charge in [0.2, 0.25) is 0 Å². The molecule has 1 N–H and O–H groups in total. The molecule has 0 atom stereocenters. The van der Waals surface area contributed by atoms with E-state index in [9.17, 15) is 14.7 Å². The lowest BCUT2D eigenvalue weighted by Gasteiger charge is -2.13. The van der Waals surface area contributed by atoms with E-state index < -0.39 is 11.5 Å². The summed E-state index contributed by atoms with van der Waals surface area (Å²) in [4.78, 5) is 24.2. The molecule has 1 aromatic heterocycles. The highest BCUT2D eigenvalue weighted by molar-refractivity contribution is 6.31. The van der Waals surface area contributed by atoms with Crippen molar-refractivity contribution in [2.24, 2.45) is 0 Å². The Bertz CT molecular complexity index is 736. The number of carbonyl (C=O) groups is 1. The predicted octanol–water partition coefficient (Wildman–Crippen LogP) is 2.56. The molecule has 0 amide bonds. The number of ether oxygens (including phenoxy) is 1. The van der Waals surface area contributed by atoms with Crippen molar-refractivity contribution in [3.63, 3.8) is 0 Å². The number of benzene rings is 1. The molecule has 0 aliphatic heterocycles. The fourth-order valence-corrected chi connectivity index (χ4v) is 2.28. The Balaban J connectivity index is 2.88. The second kappa shape index (κ2) is 5.54. The van der Waals surface area contributed by atoms with Gasteiger partial charge < -0.3 is 14.4 Å². The molecule has 0 radical (unpaired) electrons. The molecule has 1 aromatic carbocycles. The molecule has 0 fully saturated rings. The van der Waals surface area contributed by atoms with E-state index in [1.807, 2.05) is 0 Å². The summed E-state index contributed by atoms with van der Waals surface area (Å²) in [6.07, 6.45) is 0. The summed E-state index contributed by atoms with van der Waals surface area (Å²) in [7, 11) is 0. The van der Waals surface area contributed by atoms with Gasteiger partial charge in [-0.05, 0) is 32.0 Å². The molecule has 0 aliphatic carbocycles. The van der Waals surface area contributed by atoms with Gasteiger partial charge in [-0.1, -0.05) is 11.6 Å². The van der Waals surface area contributed by atoms with Crippen molar-refractivity contribution in [1.29, 1.82) is 0 Å². The molecular formula is C14H14ClNO4. The van der Waals surface area contributed by atoms with Crippen LogP contribution in [0.25, 0.3) is 10.9 Å². The van der Waals surface area contributed by atoms with Crippen molar-refractivity contribution in [1.82, 2.24) is 4.57 Å². The predicted molar refractivity (Wildman–Crippen MR) is 76.5 cm³/mol. The van der Waals surface area contributed by atoms with Crippen molar-refractivity contribution >= 4 is 28.5 Å². The number of aromatic nitrogens is 1. The summed E-state index contributed by atoms with van der Waals surface area (Å²) in [6, 6.07) is 4.74. The monoisotopic (exact) mass is 295 g/mol. The first-order chi connectivity index (χ1) is 9.51. The number of aryl methyl sites for hydroxylation is 1. The SMILES string of the molecule is CCOC(=O)c1c(O)c2ccc(Cl)cc2n(CC)c1=O. The third-order valence-electron chi connectivity index (χ3n) is 3.00. The van der Waals surface area contributed by atoms with E-state index in [0.29, 0.717) is 22.5 Å². The average molecular weight is 296 g/mol. The summed E-state index contributed by atoms with van der Waals surface area (Å²) in [5, 5.41) is 11.0. The number of esters is 1. The molecule has 6 heteroatoms. The Morgan fingerprint density at radius 3 is 2.70 bits per heavy atom. The van der Waals surface area contributed by atoms with Crippen molar-refractivity contribution < 1.29 is 14.6 Å². The molecule has 2 rings (SSSR count). The lowest BCUT2D eigenvalue weighted by atomic mass is 10.1. The van der Waals surface area contributed by atoms with E-state index in [1.165, 1.54) is 4.57 Å². The zero-order chi connectivity index (χ0) is 14.9. The summed E-state index contributed by atoms with van der Waals surface area (Å²) in [5.74, 6) is -1.20.